The lowest BCUT2D eigenvalue weighted by atomic mass is 9.95. The molecule has 2 heterocycles. The minimum Gasteiger partial charge on any atom is -0.462 e. The number of carbonyl (C=O) groups excluding carboxylic acids is 3. The molecule has 208 valence electrons. The number of oxazole rings is 1. The number of amides is 1. The van der Waals surface area contributed by atoms with Gasteiger partial charge in [-0.15, -0.1) is 11.3 Å². The summed E-state index contributed by atoms with van der Waals surface area (Å²) in [7, 11) is 0. The van der Waals surface area contributed by atoms with Crippen LogP contribution in [0.15, 0.2) is 65.1 Å². The second-order valence-corrected chi connectivity index (χ2v) is 11.0. The fraction of sp³-hybridized carbons (Fsp3) is 0.250. The van der Waals surface area contributed by atoms with Gasteiger partial charge in [0, 0.05) is 15.8 Å². The molecule has 0 aliphatic heterocycles. The van der Waals surface area contributed by atoms with Gasteiger partial charge in [-0.05, 0) is 74.7 Å². The number of fused-ring (bicyclic) bond motifs is 3. The highest BCUT2D eigenvalue weighted by molar-refractivity contribution is 7.17. The van der Waals surface area contributed by atoms with E-state index < -0.39 is 23.9 Å². The van der Waals surface area contributed by atoms with Gasteiger partial charge >= 0.3 is 11.9 Å². The van der Waals surface area contributed by atoms with Crippen LogP contribution < -0.4 is 5.32 Å². The third-order valence-electron chi connectivity index (χ3n) is 7.19. The SMILES string of the molecule is CCOC(=O)c1c(NC(=O)C(C)OC(=O)c2cccc3cccc(-c4nc5ccccc5o4)c23)sc2c1CCCC2. The fourth-order valence-corrected chi connectivity index (χ4v) is 6.52. The van der Waals surface area contributed by atoms with Crippen molar-refractivity contribution in [1.82, 2.24) is 4.98 Å². The van der Waals surface area contributed by atoms with Gasteiger partial charge in [-0.1, -0.05) is 36.4 Å². The zero-order valence-corrected chi connectivity index (χ0v) is 23.5. The summed E-state index contributed by atoms with van der Waals surface area (Å²) in [5, 5.41) is 4.69. The number of aromatic nitrogens is 1. The number of anilines is 1. The lowest BCUT2D eigenvalue weighted by Gasteiger charge is -2.15. The Hall–Kier alpha value is -4.50. The summed E-state index contributed by atoms with van der Waals surface area (Å²) >= 11 is 1.39. The molecule has 1 aliphatic rings. The number of esters is 2. The van der Waals surface area contributed by atoms with Gasteiger partial charge in [0.2, 0.25) is 5.89 Å². The highest BCUT2D eigenvalue weighted by Crippen LogP contribution is 2.39. The number of rotatable bonds is 7. The molecule has 1 amide bonds. The number of nitrogens with zero attached hydrogens (tertiary/aromatic N) is 1. The van der Waals surface area contributed by atoms with Crippen molar-refractivity contribution in [2.24, 2.45) is 0 Å². The van der Waals surface area contributed by atoms with Crippen molar-refractivity contribution in [2.45, 2.75) is 45.6 Å². The number of thiophene rings is 1. The third-order valence-corrected chi connectivity index (χ3v) is 8.40. The number of nitrogens with one attached hydrogen (secondary N) is 1. The standard InChI is InChI=1S/C32H28N2O6S/c1-3-38-32(37)27-20-12-4-7-17-25(20)41-30(27)34-28(35)18(2)39-31(36)22-14-9-11-19-10-8-13-21(26(19)22)29-33-23-15-5-6-16-24(23)40-29/h5-6,8-11,13-16,18H,3-4,7,12,17H2,1-2H3,(H,34,35). The van der Waals surface area contributed by atoms with Crippen LogP contribution in [0.5, 0.6) is 0 Å². The molecule has 2 aromatic heterocycles. The predicted octanol–water partition coefficient (Wildman–Crippen LogP) is 6.95. The number of para-hydroxylation sites is 2. The quantitative estimate of drug-likeness (QED) is 0.212. The first-order valence-electron chi connectivity index (χ1n) is 13.7. The molecule has 1 aliphatic carbocycles. The summed E-state index contributed by atoms with van der Waals surface area (Å²) in [6, 6.07) is 18.4. The highest BCUT2D eigenvalue weighted by Gasteiger charge is 2.29. The van der Waals surface area contributed by atoms with E-state index in [9.17, 15) is 14.4 Å². The smallest absolute Gasteiger partial charge is 0.341 e. The maximum absolute atomic E-state index is 13.5. The first-order chi connectivity index (χ1) is 19.9. The van der Waals surface area contributed by atoms with Crippen LogP contribution in [0.25, 0.3) is 33.3 Å². The van der Waals surface area contributed by atoms with E-state index in [1.54, 1.807) is 19.1 Å². The summed E-state index contributed by atoms with van der Waals surface area (Å²) in [6.45, 7) is 3.50. The van der Waals surface area contributed by atoms with Gasteiger partial charge in [-0.2, -0.15) is 0 Å². The summed E-state index contributed by atoms with van der Waals surface area (Å²) in [6.07, 6.45) is 2.52. The topological polar surface area (TPSA) is 108 Å². The van der Waals surface area contributed by atoms with Crippen molar-refractivity contribution < 1.29 is 28.3 Å². The maximum atomic E-state index is 13.5. The van der Waals surface area contributed by atoms with E-state index in [4.69, 9.17) is 13.9 Å². The summed E-state index contributed by atoms with van der Waals surface area (Å²) in [5.41, 5.74) is 3.65. The molecule has 0 radical (unpaired) electrons. The minimum atomic E-state index is -1.12. The van der Waals surface area contributed by atoms with Crippen molar-refractivity contribution in [3.05, 3.63) is 82.2 Å². The second kappa shape index (κ2) is 11.2. The van der Waals surface area contributed by atoms with Gasteiger partial charge < -0.3 is 19.2 Å². The van der Waals surface area contributed by atoms with E-state index in [2.05, 4.69) is 10.3 Å². The van der Waals surface area contributed by atoms with Gasteiger partial charge in [-0.3, -0.25) is 4.79 Å². The van der Waals surface area contributed by atoms with E-state index in [1.165, 1.54) is 18.3 Å². The van der Waals surface area contributed by atoms with Crippen LogP contribution in [0.2, 0.25) is 0 Å². The summed E-state index contributed by atoms with van der Waals surface area (Å²) in [4.78, 5) is 45.2. The van der Waals surface area contributed by atoms with Crippen LogP contribution in [-0.2, 0) is 27.1 Å². The van der Waals surface area contributed by atoms with Crippen LogP contribution in [0.3, 0.4) is 0 Å². The highest BCUT2D eigenvalue weighted by atomic mass is 32.1. The Morgan fingerprint density at radius 1 is 1.00 bits per heavy atom. The molecule has 0 saturated carbocycles. The molecule has 41 heavy (non-hydrogen) atoms. The summed E-state index contributed by atoms with van der Waals surface area (Å²) in [5.74, 6) is -1.25. The Kier molecular flexibility index (Phi) is 7.28. The summed E-state index contributed by atoms with van der Waals surface area (Å²) < 4.78 is 16.9. The molecule has 9 heteroatoms. The van der Waals surface area contributed by atoms with Crippen molar-refractivity contribution in [3.63, 3.8) is 0 Å². The van der Waals surface area contributed by atoms with E-state index >= 15 is 0 Å². The molecule has 1 atom stereocenters. The van der Waals surface area contributed by atoms with Gasteiger partial charge in [0.1, 0.15) is 10.5 Å². The van der Waals surface area contributed by atoms with Crippen molar-refractivity contribution in [2.75, 3.05) is 11.9 Å². The van der Waals surface area contributed by atoms with Gasteiger partial charge in [0.25, 0.3) is 5.91 Å². The first kappa shape index (κ1) is 26.7. The maximum Gasteiger partial charge on any atom is 0.341 e. The van der Waals surface area contributed by atoms with Crippen LogP contribution in [-0.4, -0.2) is 35.5 Å². The molecule has 1 unspecified atom stereocenters. The van der Waals surface area contributed by atoms with Crippen LogP contribution in [0.1, 0.15) is 57.8 Å². The molecule has 3 aromatic carbocycles. The average molecular weight is 569 g/mol. The van der Waals surface area contributed by atoms with E-state index in [0.717, 1.165) is 41.5 Å². The molecule has 0 spiro atoms. The van der Waals surface area contributed by atoms with Crippen molar-refractivity contribution in [1.29, 1.82) is 0 Å². The molecular weight excluding hydrogens is 540 g/mol. The number of ether oxygens (including phenoxy) is 2. The van der Waals surface area contributed by atoms with Crippen molar-refractivity contribution in [3.8, 4) is 11.5 Å². The molecule has 1 N–H and O–H groups in total. The van der Waals surface area contributed by atoms with E-state index in [-0.39, 0.29) is 6.61 Å². The molecule has 0 saturated heterocycles. The Balaban J connectivity index is 1.27. The van der Waals surface area contributed by atoms with E-state index in [1.807, 2.05) is 48.5 Å². The largest absolute Gasteiger partial charge is 0.462 e. The zero-order valence-electron chi connectivity index (χ0n) is 22.7. The molecule has 8 nitrogen and oxygen atoms in total. The monoisotopic (exact) mass is 568 g/mol. The molecule has 5 aromatic rings. The minimum absolute atomic E-state index is 0.238. The molecular formula is C32H28N2O6S. The number of carbonyl (C=O) groups is 3. The Bertz CT molecular complexity index is 1760. The normalized spacial score (nSPS) is 13.5. The number of hydrogen-bond donors (Lipinski definition) is 1. The second-order valence-electron chi connectivity index (χ2n) is 9.87. The lowest BCUT2D eigenvalue weighted by molar-refractivity contribution is -0.123. The predicted molar refractivity (Wildman–Crippen MR) is 157 cm³/mol. The molecule has 0 fully saturated rings. The Morgan fingerprint density at radius 3 is 2.59 bits per heavy atom. The first-order valence-corrected chi connectivity index (χ1v) is 14.5. The number of benzene rings is 3. The average Bonchev–Trinajstić information content (AvgIpc) is 3.58. The molecule has 6 rings (SSSR count). The lowest BCUT2D eigenvalue weighted by Crippen LogP contribution is -2.30. The Morgan fingerprint density at radius 2 is 1.78 bits per heavy atom. The van der Waals surface area contributed by atoms with Crippen molar-refractivity contribution >= 4 is 56.1 Å². The van der Waals surface area contributed by atoms with Crippen LogP contribution in [0, 0.1) is 0 Å². The van der Waals surface area contributed by atoms with Crippen LogP contribution >= 0.6 is 11.3 Å². The Labute approximate surface area is 240 Å². The van der Waals surface area contributed by atoms with Crippen LogP contribution in [0.4, 0.5) is 5.00 Å². The zero-order chi connectivity index (χ0) is 28.5. The van der Waals surface area contributed by atoms with E-state index in [0.29, 0.717) is 44.1 Å². The number of hydrogen-bond acceptors (Lipinski definition) is 8. The van der Waals surface area contributed by atoms with Gasteiger partial charge in [-0.25, -0.2) is 14.6 Å². The fourth-order valence-electron chi connectivity index (χ4n) is 5.24. The van der Waals surface area contributed by atoms with Gasteiger partial charge in [0.05, 0.1) is 17.7 Å². The molecule has 0 bridgehead atoms. The third kappa shape index (κ3) is 5.09. The van der Waals surface area contributed by atoms with Gasteiger partial charge in [0.15, 0.2) is 11.7 Å². The number of aryl methyl sites for hydroxylation is 1.